The van der Waals surface area contributed by atoms with Crippen LogP contribution in [0.15, 0.2) is 42.5 Å². The molecule has 0 saturated carbocycles. The number of thiocarbonyl (C=S) groups is 1. The van der Waals surface area contributed by atoms with Crippen molar-refractivity contribution < 1.29 is 32.2 Å². The molecular formula is C18H16F3N3O4S. The third-order valence-electron chi connectivity index (χ3n) is 3.62. The summed E-state index contributed by atoms with van der Waals surface area (Å²) in [4.78, 5) is 24.5. The summed E-state index contributed by atoms with van der Waals surface area (Å²) >= 11 is 4.92. The first-order valence-corrected chi connectivity index (χ1v) is 8.38. The number of carbonyl (C=O) groups is 2. The lowest BCUT2D eigenvalue weighted by Gasteiger charge is -2.14. The third kappa shape index (κ3) is 5.57. The predicted molar refractivity (Wildman–Crippen MR) is 102 cm³/mol. The van der Waals surface area contributed by atoms with Gasteiger partial charge in [0.1, 0.15) is 17.1 Å². The standard InChI is InChI=1S/C18H16F3N3O4S/c1-27-12-7-4-8-13(28-2)14(12)16(26)22-17(29)24-23-15(25)10-5-3-6-11(9-10)18(19,20)21/h3-9H,1-2H3,(H,23,25)(H2,22,24,26,29). The van der Waals surface area contributed by atoms with E-state index in [1.807, 2.05) is 0 Å². The fourth-order valence-corrected chi connectivity index (χ4v) is 2.44. The second-order valence-electron chi connectivity index (χ2n) is 5.48. The van der Waals surface area contributed by atoms with Crippen LogP contribution in [0, 0.1) is 0 Å². The molecular weight excluding hydrogens is 411 g/mol. The summed E-state index contributed by atoms with van der Waals surface area (Å²) < 4.78 is 48.5. The number of ether oxygens (including phenoxy) is 2. The van der Waals surface area contributed by atoms with Crippen LogP contribution in [0.3, 0.4) is 0 Å². The topological polar surface area (TPSA) is 88.7 Å². The highest BCUT2D eigenvalue weighted by Crippen LogP contribution is 2.29. The van der Waals surface area contributed by atoms with Crippen molar-refractivity contribution in [2.75, 3.05) is 14.2 Å². The van der Waals surface area contributed by atoms with Crippen LogP contribution in [-0.2, 0) is 6.18 Å². The minimum absolute atomic E-state index is 0.0749. The van der Waals surface area contributed by atoms with Crippen molar-refractivity contribution in [3.05, 3.63) is 59.2 Å². The summed E-state index contributed by atoms with van der Waals surface area (Å²) in [6, 6.07) is 8.56. The SMILES string of the molecule is COc1cccc(OC)c1C(=O)NC(=S)NNC(=O)c1cccc(C(F)(F)F)c1. The van der Waals surface area contributed by atoms with E-state index in [1.165, 1.54) is 20.3 Å². The molecule has 3 N–H and O–H groups in total. The van der Waals surface area contributed by atoms with E-state index in [2.05, 4.69) is 16.2 Å². The van der Waals surface area contributed by atoms with Crippen molar-refractivity contribution in [1.29, 1.82) is 0 Å². The van der Waals surface area contributed by atoms with Gasteiger partial charge in [0, 0.05) is 5.56 Å². The number of rotatable bonds is 4. The Bertz CT molecular complexity index is 913. The molecule has 0 atom stereocenters. The Kier molecular flexibility index (Phi) is 6.99. The highest BCUT2D eigenvalue weighted by molar-refractivity contribution is 7.80. The van der Waals surface area contributed by atoms with Crippen molar-refractivity contribution in [3.8, 4) is 11.5 Å². The molecule has 0 spiro atoms. The van der Waals surface area contributed by atoms with Gasteiger partial charge in [-0.2, -0.15) is 13.2 Å². The molecule has 0 aliphatic rings. The number of benzene rings is 2. The van der Waals surface area contributed by atoms with Crippen molar-refractivity contribution in [2.24, 2.45) is 0 Å². The average Bonchev–Trinajstić information content (AvgIpc) is 2.70. The second kappa shape index (κ2) is 9.24. The van der Waals surface area contributed by atoms with Crippen molar-refractivity contribution in [3.63, 3.8) is 0 Å². The minimum Gasteiger partial charge on any atom is -0.496 e. The summed E-state index contributed by atoms with van der Waals surface area (Å²) in [6.07, 6.45) is -4.58. The van der Waals surface area contributed by atoms with Crippen LogP contribution < -0.4 is 25.6 Å². The lowest BCUT2D eigenvalue weighted by atomic mass is 10.1. The van der Waals surface area contributed by atoms with Crippen LogP contribution in [0.25, 0.3) is 0 Å². The summed E-state index contributed by atoms with van der Waals surface area (Å²) in [5.74, 6) is -1.08. The molecule has 0 aliphatic heterocycles. The third-order valence-corrected chi connectivity index (χ3v) is 3.83. The summed E-state index contributed by atoms with van der Waals surface area (Å²) in [5, 5.41) is 2.03. The Hall–Kier alpha value is -3.34. The normalized spacial score (nSPS) is 10.7. The van der Waals surface area contributed by atoms with Gasteiger partial charge in [-0.3, -0.25) is 25.8 Å². The molecule has 0 heterocycles. The molecule has 0 aromatic heterocycles. The fraction of sp³-hybridized carbons (Fsp3) is 0.167. The van der Waals surface area contributed by atoms with E-state index in [4.69, 9.17) is 21.7 Å². The highest BCUT2D eigenvalue weighted by atomic mass is 32.1. The molecule has 29 heavy (non-hydrogen) atoms. The summed E-state index contributed by atoms with van der Waals surface area (Å²) in [5.41, 5.74) is 3.23. The number of carbonyl (C=O) groups excluding carboxylic acids is 2. The molecule has 11 heteroatoms. The smallest absolute Gasteiger partial charge is 0.416 e. The van der Waals surface area contributed by atoms with Crippen LogP contribution in [0.4, 0.5) is 13.2 Å². The highest BCUT2D eigenvalue weighted by Gasteiger charge is 2.31. The quantitative estimate of drug-likeness (QED) is 0.514. The van der Waals surface area contributed by atoms with Crippen LogP contribution >= 0.6 is 12.2 Å². The van der Waals surface area contributed by atoms with E-state index in [9.17, 15) is 22.8 Å². The van der Waals surface area contributed by atoms with Crippen LogP contribution in [0.2, 0.25) is 0 Å². The van der Waals surface area contributed by atoms with Gasteiger partial charge in [0.25, 0.3) is 11.8 Å². The number of hydrogen-bond donors (Lipinski definition) is 3. The summed E-state index contributed by atoms with van der Waals surface area (Å²) in [7, 11) is 2.74. The van der Waals surface area contributed by atoms with Gasteiger partial charge in [0.2, 0.25) is 0 Å². The van der Waals surface area contributed by atoms with Crippen LogP contribution in [0.5, 0.6) is 11.5 Å². The monoisotopic (exact) mass is 427 g/mol. The Morgan fingerprint density at radius 2 is 1.52 bits per heavy atom. The maximum atomic E-state index is 12.7. The Labute approximate surface area is 169 Å². The van der Waals surface area contributed by atoms with Gasteiger partial charge in [0.15, 0.2) is 5.11 Å². The predicted octanol–water partition coefficient (Wildman–Crippen LogP) is 2.67. The first-order chi connectivity index (χ1) is 13.7. The van der Waals surface area contributed by atoms with E-state index in [0.717, 1.165) is 12.1 Å². The van der Waals surface area contributed by atoms with Crippen LogP contribution in [-0.4, -0.2) is 31.1 Å². The number of halogens is 3. The molecule has 0 bridgehead atoms. The Balaban J connectivity index is 2.02. The summed E-state index contributed by atoms with van der Waals surface area (Å²) in [6.45, 7) is 0. The van der Waals surface area contributed by atoms with Crippen molar-refractivity contribution in [2.45, 2.75) is 6.18 Å². The lowest BCUT2D eigenvalue weighted by molar-refractivity contribution is -0.137. The van der Waals surface area contributed by atoms with Gasteiger partial charge in [0.05, 0.1) is 19.8 Å². The number of alkyl halides is 3. The minimum atomic E-state index is -4.58. The maximum absolute atomic E-state index is 12.7. The zero-order valence-corrected chi connectivity index (χ0v) is 16.0. The first kappa shape index (κ1) is 22.0. The molecule has 0 unspecified atom stereocenters. The zero-order chi connectivity index (χ0) is 21.6. The van der Waals surface area contributed by atoms with E-state index < -0.39 is 23.6 Å². The molecule has 154 valence electrons. The molecule has 2 aromatic carbocycles. The van der Waals surface area contributed by atoms with Gasteiger partial charge in [-0.1, -0.05) is 12.1 Å². The molecule has 0 radical (unpaired) electrons. The number of amides is 2. The van der Waals surface area contributed by atoms with E-state index in [0.29, 0.717) is 6.07 Å². The lowest BCUT2D eigenvalue weighted by Crippen LogP contribution is -2.48. The number of hydrazine groups is 1. The molecule has 2 rings (SSSR count). The first-order valence-electron chi connectivity index (χ1n) is 7.97. The number of nitrogens with one attached hydrogen (secondary N) is 3. The molecule has 2 aromatic rings. The van der Waals surface area contributed by atoms with E-state index in [1.54, 1.807) is 18.2 Å². The van der Waals surface area contributed by atoms with Gasteiger partial charge >= 0.3 is 6.18 Å². The Morgan fingerprint density at radius 3 is 2.07 bits per heavy atom. The fourth-order valence-electron chi connectivity index (χ4n) is 2.29. The van der Waals surface area contributed by atoms with E-state index in [-0.39, 0.29) is 27.7 Å². The largest absolute Gasteiger partial charge is 0.496 e. The second-order valence-corrected chi connectivity index (χ2v) is 5.89. The number of hydrogen-bond acceptors (Lipinski definition) is 5. The van der Waals surface area contributed by atoms with Gasteiger partial charge in [-0.25, -0.2) is 0 Å². The molecule has 7 nitrogen and oxygen atoms in total. The van der Waals surface area contributed by atoms with E-state index >= 15 is 0 Å². The Morgan fingerprint density at radius 1 is 0.931 bits per heavy atom. The molecule has 0 saturated heterocycles. The van der Waals surface area contributed by atoms with Gasteiger partial charge in [-0.15, -0.1) is 0 Å². The van der Waals surface area contributed by atoms with Crippen molar-refractivity contribution in [1.82, 2.24) is 16.2 Å². The molecule has 0 fully saturated rings. The number of methoxy groups -OCH3 is 2. The average molecular weight is 427 g/mol. The van der Waals surface area contributed by atoms with Gasteiger partial charge in [-0.05, 0) is 42.5 Å². The van der Waals surface area contributed by atoms with Gasteiger partial charge < -0.3 is 9.47 Å². The van der Waals surface area contributed by atoms with Crippen LogP contribution in [0.1, 0.15) is 26.3 Å². The molecule has 0 aliphatic carbocycles. The van der Waals surface area contributed by atoms with Crippen molar-refractivity contribution >= 4 is 29.1 Å². The molecule has 2 amide bonds. The maximum Gasteiger partial charge on any atom is 0.416 e. The zero-order valence-electron chi connectivity index (χ0n) is 15.2.